The first-order valence-electron chi connectivity index (χ1n) is 6.32. The van der Waals surface area contributed by atoms with E-state index in [9.17, 15) is 19.2 Å². The second-order valence-corrected chi connectivity index (χ2v) is 5.00. The van der Waals surface area contributed by atoms with Gasteiger partial charge in [0.05, 0.1) is 18.4 Å². The molecule has 0 bridgehead atoms. The van der Waals surface area contributed by atoms with Crippen LogP contribution in [0.25, 0.3) is 0 Å². The predicted molar refractivity (Wildman–Crippen MR) is 62.5 cm³/mol. The van der Waals surface area contributed by atoms with Gasteiger partial charge in [-0.05, 0) is 6.42 Å². The van der Waals surface area contributed by atoms with E-state index in [4.69, 9.17) is 14.9 Å². The number of carboxylic acid groups (broad SMARTS) is 2. The maximum atomic E-state index is 12.1. The molecule has 20 heavy (non-hydrogen) atoms. The van der Waals surface area contributed by atoms with Crippen molar-refractivity contribution >= 4 is 23.8 Å². The first kappa shape index (κ1) is 14.3. The molecule has 4 atom stereocenters. The highest BCUT2D eigenvalue weighted by Crippen LogP contribution is 2.65. The predicted octanol–water partition coefficient (Wildman–Crippen LogP) is -0.770. The van der Waals surface area contributed by atoms with Crippen LogP contribution in [0.5, 0.6) is 0 Å². The van der Waals surface area contributed by atoms with Crippen LogP contribution < -0.4 is 5.32 Å². The zero-order valence-corrected chi connectivity index (χ0v) is 10.8. The van der Waals surface area contributed by atoms with Gasteiger partial charge in [0, 0.05) is 0 Å². The van der Waals surface area contributed by atoms with Crippen molar-refractivity contribution in [3.05, 3.63) is 0 Å². The number of amides is 1. The van der Waals surface area contributed by atoms with E-state index in [2.05, 4.69) is 5.32 Å². The molecule has 1 heterocycles. The molecule has 8 nitrogen and oxygen atoms in total. The van der Waals surface area contributed by atoms with Gasteiger partial charge in [-0.2, -0.15) is 0 Å². The number of fused-ring (bicyclic) bond motifs is 1. The molecule has 2 aliphatic rings. The number of nitrogens with one attached hydrogen (secondary N) is 1. The van der Waals surface area contributed by atoms with Crippen molar-refractivity contribution in [2.24, 2.45) is 17.3 Å². The molecule has 1 aliphatic heterocycles. The summed E-state index contributed by atoms with van der Waals surface area (Å²) in [4.78, 5) is 46.1. The summed E-state index contributed by atoms with van der Waals surface area (Å²) in [6.45, 7) is 1.96. The van der Waals surface area contributed by atoms with Crippen LogP contribution in [-0.2, 0) is 23.9 Å². The Morgan fingerprint density at radius 1 is 1.30 bits per heavy atom. The maximum absolute atomic E-state index is 12.1. The van der Waals surface area contributed by atoms with E-state index >= 15 is 0 Å². The number of esters is 1. The number of unbranched alkanes of at least 4 members (excludes halogenated alkanes) is 1. The van der Waals surface area contributed by atoms with Crippen molar-refractivity contribution in [3.8, 4) is 0 Å². The SMILES string of the molecule is CCCCOC(=O)C12C(C(=O)O)NC(=O)C1C2C(=O)O. The molecule has 110 valence electrons. The minimum absolute atomic E-state index is 0.0800. The normalized spacial score (nSPS) is 34.0. The van der Waals surface area contributed by atoms with Gasteiger partial charge in [-0.3, -0.25) is 14.4 Å². The summed E-state index contributed by atoms with van der Waals surface area (Å²) >= 11 is 0. The van der Waals surface area contributed by atoms with Crippen LogP contribution in [0.15, 0.2) is 0 Å². The first-order chi connectivity index (χ1) is 9.38. The Morgan fingerprint density at radius 2 is 1.95 bits per heavy atom. The molecule has 1 amide bonds. The molecular weight excluding hydrogens is 270 g/mol. The molecule has 1 aliphatic carbocycles. The summed E-state index contributed by atoms with van der Waals surface area (Å²) in [6.07, 6.45) is 1.36. The Balaban J connectivity index is 2.27. The fraction of sp³-hybridized carbons (Fsp3) is 0.667. The summed E-state index contributed by atoms with van der Waals surface area (Å²) in [6, 6.07) is -1.55. The molecule has 3 N–H and O–H groups in total. The van der Waals surface area contributed by atoms with Crippen molar-refractivity contribution < 1.29 is 34.1 Å². The van der Waals surface area contributed by atoms with Crippen LogP contribution in [0.4, 0.5) is 0 Å². The standard InChI is InChI=1S/C12H15NO7/c1-2-3-4-20-11(19)12-5(6(12)9(15)16)8(14)13-7(12)10(17)18/h5-7H,2-4H2,1H3,(H,13,14)(H,15,16)(H,17,18). The zero-order valence-electron chi connectivity index (χ0n) is 10.8. The van der Waals surface area contributed by atoms with Gasteiger partial charge >= 0.3 is 17.9 Å². The lowest BCUT2D eigenvalue weighted by atomic mass is 9.94. The molecule has 0 aromatic heterocycles. The summed E-state index contributed by atoms with van der Waals surface area (Å²) in [5.74, 6) is -6.92. The number of carbonyl (C=O) groups is 4. The number of carbonyl (C=O) groups excluding carboxylic acids is 2. The molecule has 2 rings (SSSR count). The van der Waals surface area contributed by atoms with Gasteiger partial charge in [0.25, 0.3) is 0 Å². The minimum atomic E-state index is -1.80. The summed E-state index contributed by atoms with van der Waals surface area (Å²) in [7, 11) is 0. The highest BCUT2D eigenvalue weighted by molar-refractivity contribution is 6.10. The van der Waals surface area contributed by atoms with Crippen LogP contribution in [-0.4, -0.2) is 46.7 Å². The quantitative estimate of drug-likeness (QED) is 0.431. The van der Waals surface area contributed by atoms with Gasteiger partial charge < -0.3 is 20.3 Å². The van der Waals surface area contributed by atoms with Crippen molar-refractivity contribution in [3.63, 3.8) is 0 Å². The lowest BCUT2D eigenvalue weighted by Gasteiger charge is -2.19. The van der Waals surface area contributed by atoms with Gasteiger partial charge in [-0.25, -0.2) is 4.79 Å². The van der Waals surface area contributed by atoms with Crippen LogP contribution in [0.2, 0.25) is 0 Å². The highest BCUT2D eigenvalue weighted by atomic mass is 16.5. The van der Waals surface area contributed by atoms with Gasteiger partial charge in [0.2, 0.25) is 5.91 Å². The molecule has 0 aromatic rings. The second kappa shape index (κ2) is 4.77. The average molecular weight is 285 g/mol. The van der Waals surface area contributed by atoms with E-state index < -0.39 is 47.1 Å². The largest absolute Gasteiger partial charge is 0.481 e. The van der Waals surface area contributed by atoms with Gasteiger partial charge in [-0.1, -0.05) is 13.3 Å². The van der Waals surface area contributed by atoms with Crippen molar-refractivity contribution in [2.75, 3.05) is 6.61 Å². The topological polar surface area (TPSA) is 130 Å². The molecule has 1 saturated carbocycles. The Morgan fingerprint density at radius 3 is 2.40 bits per heavy atom. The molecule has 4 unspecified atom stereocenters. The molecule has 0 aromatic carbocycles. The van der Waals surface area contributed by atoms with E-state index in [1.54, 1.807) is 0 Å². The highest BCUT2D eigenvalue weighted by Gasteiger charge is 2.85. The first-order valence-corrected chi connectivity index (χ1v) is 6.32. The van der Waals surface area contributed by atoms with Gasteiger partial charge in [0.15, 0.2) is 0 Å². The molecular formula is C12H15NO7. The van der Waals surface area contributed by atoms with E-state index in [0.717, 1.165) is 6.42 Å². The third-order valence-electron chi connectivity index (χ3n) is 3.90. The fourth-order valence-electron chi connectivity index (χ4n) is 2.91. The van der Waals surface area contributed by atoms with Crippen molar-refractivity contribution in [1.29, 1.82) is 0 Å². The number of rotatable bonds is 6. The Hall–Kier alpha value is -2.12. The maximum Gasteiger partial charge on any atom is 0.327 e. The monoisotopic (exact) mass is 285 g/mol. The number of hydrogen-bond acceptors (Lipinski definition) is 5. The lowest BCUT2D eigenvalue weighted by molar-refractivity contribution is -0.159. The number of carboxylic acids is 2. The molecule has 1 saturated heterocycles. The third kappa shape index (κ3) is 1.75. The average Bonchev–Trinajstić information content (AvgIpc) is 2.98. The van der Waals surface area contributed by atoms with Crippen LogP contribution in [0, 0.1) is 17.3 Å². The summed E-state index contributed by atoms with van der Waals surface area (Å²) < 4.78 is 4.96. The number of ether oxygens (including phenoxy) is 1. The van der Waals surface area contributed by atoms with Crippen LogP contribution in [0.3, 0.4) is 0 Å². The third-order valence-corrected chi connectivity index (χ3v) is 3.90. The number of aliphatic carboxylic acids is 2. The smallest absolute Gasteiger partial charge is 0.327 e. The van der Waals surface area contributed by atoms with Crippen molar-refractivity contribution in [1.82, 2.24) is 5.32 Å². The van der Waals surface area contributed by atoms with E-state index in [1.807, 2.05) is 6.92 Å². The van der Waals surface area contributed by atoms with Gasteiger partial charge in [0.1, 0.15) is 11.5 Å². The Kier molecular flexibility index (Phi) is 3.41. The van der Waals surface area contributed by atoms with Crippen LogP contribution in [0.1, 0.15) is 19.8 Å². The zero-order chi connectivity index (χ0) is 15.1. The second-order valence-electron chi connectivity index (χ2n) is 5.00. The molecule has 2 fully saturated rings. The molecule has 0 spiro atoms. The van der Waals surface area contributed by atoms with E-state index in [-0.39, 0.29) is 6.61 Å². The summed E-state index contributed by atoms with van der Waals surface area (Å²) in [5, 5.41) is 20.3. The molecule has 8 heteroatoms. The van der Waals surface area contributed by atoms with E-state index in [1.165, 1.54) is 0 Å². The van der Waals surface area contributed by atoms with Gasteiger partial charge in [-0.15, -0.1) is 0 Å². The van der Waals surface area contributed by atoms with E-state index in [0.29, 0.717) is 6.42 Å². The number of piperidine rings is 1. The number of hydrogen-bond donors (Lipinski definition) is 3. The van der Waals surface area contributed by atoms with Crippen molar-refractivity contribution in [2.45, 2.75) is 25.8 Å². The minimum Gasteiger partial charge on any atom is -0.481 e. The van der Waals surface area contributed by atoms with Crippen LogP contribution >= 0.6 is 0 Å². The molecule has 0 radical (unpaired) electrons. The summed E-state index contributed by atoms with van der Waals surface area (Å²) in [5.41, 5.74) is -1.80. The lowest BCUT2D eigenvalue weighted by Crippen LogP contribution is -2.47. The Labute approximate surface area is 114 Å². The fourth-order valence-corrected chi connectivity index (χ4v) is 2.91. The Bertz CT molecular complexity index is 482.